The molecule has 0 N–H and O–H groups in total. The van der Waals surface area contributed by atoms with Gasteiger partial charge in [0.05, 0.1) is 12.0 Å². The van der Waals surface area contributed by atoms with Gasteiger partial charge < -0.3 is 4.90 Å². The van der Waals surface area contributed by atoms with Crippen LogP contribution < -0.4 is 0 Å². The topological polar surface area (TPSA) is 80.8 Å². The van der Waals surface area contributed by atoms with E-state index in [9.17, 15) is 16.8 Å². The monoisotopic (exact) mass is 285 g/mol. The first-order valence-corrected chi connectivity index (χ1v) is 8.90. The van der Waals surface area contributed by atoms with Crippen molar-refractivity contribution in [3.05, 3.63) is 0 Å². The highest BCUT2D eigenvalue weighted by Crippen LogP contribution is 2.20. The largest absolute Gasteiger partial charge is 0.306 e. The summed E-state index contributed by atoms with van der Waals surface area (Å²) >= 11 is 0. The van der Waals surface area contributed by atoms with Gasteiger partial charge in [0.1, 0.15) is 0 Å². The molecule has 1 aliphatic rings. The first-order chi connectivity index (χ1) is 7.68. The molecule has 0 aromatic rings. The number of nitrogens with zero attached hydrogens (tertiary/aromatic N) is 1. The lowest BCUT2D eigenvalue weighted by molar-refractivity contribution is 0.386. The molecule has 0 amide bonds. The third-order valence-corrected chi connectivity index (χ3v) is 5.33. The molecule has 8 heteroatoms. The summed E-state index contributed by atoms with van der Waals surface area (Å²) in [4.78, 5) is 2.20. The second kappa shape index (κ2) is 5.64. The van der Waals surface area contributed by atoms with Crippen LogP contribution >= 0.6 is 0 Å². The maximum atomic E-state index is 11.3. The fourth-order valence-corrected chi connectivity index (χ4v) is 4.33. The van der Waals surface area contributed by atoms with E-state index in [1.54, 1.807) is 0 Å². The van der Waals surface area contributed by atoms with E-state index in [0.717, 1.165) is 32.2 Å². The molecule has 0 aromatic carbocycles. The Hall–Kier alpha value is -0.180. The van der Waals surface area contributed by atoms with E-state index in [0.29, 0.717) is 12.3 Å². The van der Waals surface area contributed by atoms with Crippen LogP contribution in [0.1, 0.15) is 19.3 Å². The van der Waals surface area contributed by atoms with Gasteiger partial charge in [-0.25, -0.2) is 0 Å². The SMILES string of the molecule is CN1CCC(CCCS(=O)(=O)OS(C)(=O)=O)C1. The van der Waals surface area contributed by atoms with Gasteiger partial charge >= 0.3 is 0 Å². The first kappa shape index (κ1) is 14.9. The van der Waals surface area contributed by atoms with Gasteiger partial charge in [0.15, 0.2) is 0 Å². The summed E-state index contributed by atoms with van der Waals surface area (Å²) in [6.45, 7) is 2.02. The lowest BCUT2D eigenvalue weighted by Crippen LogP contribution is -2.17. The summed E-state index contributed by atoms with van der Waals surface area (Å²) in [7, 11) is -5.85. The first-order valence-electron chi connectivity index (χ1n) is 5.50. The van der Waals surface area contributed by atoms with Crippen LogP contribution in [0.15, 0.2) is 0 Å². The van der Waals surface area contributed by atoms with Crippen molar-refractivity contribution in [1.82, 2.24) is 4.90 Å². The van der Waals surface area contributed by atoms with Crippen molar-refractivity contribution in [2.24, 2.45) is 5.92 Å². The molecule has 0 saturated carbocycles. The molecule has 1 atom stereocenters. The highest BCUT2D eigenvalue weighted by atomic mass is 32.3. The second-order valence-corrected chi connectivity index (χ2v) is 8.07. The number of rotatable bonds is 6. The van der Waals surface area contributed by atoms with E-state index >= 15 is 0 Å². The van der Waals surface area contributed by atoms with Gasteiger partial charge in [-0.2, -0.15) is 16.8 Å². The molecular formula is C9H19NO5S2. The minimum Gasteiger partial charge on any atom is -0.306 e. The van der Waals surface area contributed by atoms with Crippen molar-refractivity contribution in [2.75, 3.05) is 32.1 Å². The molecule has 6 nitrogen and oxygen atoms in total. The fraction of sp³-hybridized carbons (Fsp3) is 1.00. The lowest BCUT2D eigenvalue weighted by Gasteiger charge is -2.09. The quantitative estimate of drug-likeness (QED) is 0.684. The minimum absolute atomic E-state index is 0.236. The van der Waals surface area contributed by atoms with Crippen LogP contribution in [-0.4, -0.2) is 53.9 Å². The average Bonchev–Trinajstić information content (AvgIpc) is 2.46. The van der Waals surface area contributed by atoms with Crippen LogP contribution in [0.25, 0.3) is 0 Å². The molecule has 0 radical (unpaired) electrons. The Morgan fingerprint density at radius 3 is 2.41 bits per heavy atom. The van der Waals surface area contributed by atoms with Gasteiger partial charge in [0.2, 0.25) is 0 Å². The molecule has 1 unspecified atom stereocenters. The zero-order chi connectivity index (χ0) is 13.1. The number of hydrogen-bond donors (Lipinski definition) is 0. The van der Waals surface area contributed by atoms with Crippen LogP contribution in [0, 0.1) is 5.92 Å². The van der Waals surface area contributed by atoms with Crippen molar-refractivity contribution >= 4 is 20.2 Å². The van der Waals surface area contributed by atoms with E-state index in [2.05, 4.69) is 8.53 Å². The van der Waals surface area contributed by atoms with Gasteiger partial charge in [-0.15, -0.1) is 3.63 Å². The van der Waals surface area contributed by atoms with E-state index in [1.165, 1.54) is 0 Å². The molecule has 1 heterocycles. The average molecular weight is 285 g/mol. The Morgan fingerprint density at radius 2 is 1.94 bits per heavy atom. The smallest absolute Gasteiger partial charge is 0.281 e. The summed E-state index contributed by atoms with van der Waals surface area (Å²) < 4.78 is 48.0. The standard InChI is InChI=1S/C9H19NO5S2/c1-10-6-5-9(8-10)4-3-7-17(13,14)15-16(2,11)12/h9H,3-8H2,1-2H3. The van der Waals surface area contributed by atoms with Gasteiger partial charge in [-0.3, -0.25) is 0 Å². The minimum atomic E-state index is -3.95. The second-order valence-electron chi connectivity index (χ2n) is 4.59. The van der Waals surface area contributed by atoms with E-state index < -0.39 is 20.2 Å². The van der Waals surface area contributed by atoms with E-state index in [1.807, 2.05) is 7.05 Å². The number of likely N-dealkylation sites (tertiary alicyclic amines) is 1. The fourth-order valence-electron chi connectivity index (χ4n) is 2.03. The summed E-state index contributed by atoms with van der Waals surface area (Å²) in [5.74, 6) is 0.272. The zero-order valence-electron chi connectivity index (χ0n) is 10.1. The summed E-state index contributed by atoms with van der Waals surface area (Å²) in [5, 5.41) is 0. The molecule has 0 bridgehead atoms. The highest BCUT2D eigenvalue weighted by Gasteiger charge is 2.22. The van der Waals surface area contributed by atoms with E-state index in [-0.39, 0.29) is 5.75 Å². The maximum Gasteiger partial charge on any atom is 0.281 e. The Bertz CT molecular complexity index is 442. The van der Waals surface area contributed by atoms with Crippen LogP contribution in [0.3, 0.4) is 0 Å². The van der Waals surface area contributed by atoms with Gasteiger partial charge in [-0.05, 0) is 38.8 Å². The van der Waals surface area contributed by atoms with Crippen LogP contribution in [0.5, 0.6) is 0 Å². The van der Waals surface area contributed by atoms with Crippen molar-refractivity contribution in [1.29, 1.82) is 0 Å². The molecule has 1 fully saturated rings. The summed E-state index contributed by atoms with van der Waals surface area (Å²) in [6.07, 6.45) is 3.03. The van der Waals surface area contributed by atoms with Crippen LogP contribution in [0.2, 0.25) is 0 Å². The Labute approximate surface area is 103 Å². The Balaban J connectivity index is 2.31. The third kappa shape index (κ3) is 6.35. The highest BCUT2D eigenvalue weighted by molar-refractivity contribution is 7.99. The van der Waals surface area contributed by atoms with Gasteiger partial charge in [0.25, 0.3) is 20.2 Å². The van der Waals surface area contributed by atoms with Crippen LogP contribution in [-0.2, 0) is 23.9 Å². The molecule has 0 aromatic heterocycles. The molecule has 0 aliphatic carbocycles. The Kier molecular flexibility index (Phi) is 4.94. The van der Waals surface area contributed by atoms with Gasteiger partial charge in [0, 0.05) is 6.54 Å². The molecular weight excluding hydrogens is 266 g/mol. The molecule has 102 valence electrons. The predicted octanol–water partition coefficient (Wildman–Crippen LogP) is 0.0243. The number of hydrogen-bond acceptors (Lipinski definition) is 6. The van der Waals surface area contributed by atoms with Crippen molar-refractivity contribution in [3.63, 3.8) is 0 Å². The Morgan fingerprint density at radius 1 is 1.29 bits per heavy atom. The van der Waals surface area contributed by atoms with Crippen molar-refractivity contribution in [2.45, 2.75) is 19.3 Å². The molecule has 1 aliphatic heterocycles. The van der Waals surface area contributed by atoms with Crippen molar-refractivity contribution < 1.29 is 20.5 Å². The maximum absolute atomic E-state index is 11.3. The molecule has 1 saturated heterocycles. The predicted molar refractivity (Wildman–Crippen MR) is 64.6 cm³/mol. The summed E-state index contributed by atoms with van der Waals surface area (Å²) in [5.41, 5.74) is 0. The molecule has 0 spiro atoms. The van der Waals surface area contributed by atoms with Crippen LogP contribution in [0.4, 0.5) is 0 Å². The van der Waals surface area contributed by atoms with Gasteiger partial charge in [-0.1, -0.05) is 0 Å². The third-order valence-electron chi connectivity index (χ3n) is 2.72. The van der Waals surface area contributed by atoms with E-state index in [4.69, 9.17) is 0 Å². The summed E-state index contributed by atoms with van der Waals surface area (Å²) in [6, 6.07) is 0. The zero-order valence-corrected chi connectivity index (χ0v) is 11.8. The molecule has 1 rings (SSSR count). The normalized spacial score (nSPS) is 23.1. The molecule has 17 heavy (non-hydrogen) atoms. The van der Waals surface area contributed by atoms with Crippen molar-refractivity contribution in [3.8, 4) is 0 Å². The lowest BCUT2D eigenvalue weighted by atomic mass is 10.0.